The minimum Gasteiger partial charge on any atom is -0.481 e. The Hall–Kier alpha value is -8.69. The van der Waals surface area contributed by atoms with Crippen molar-refractivity contribution in [3.8, 4) is 34.3 Å². The number of aliphatic carboxylic acids is 1. The van der Waals surface area contributed by atoms with Crippen molar-refractivity contribution in [1.29, 1.82) is 0 Å². The molecular weight excluding hydrogens is 1860 g/mol. The number of pyridine rings is 4. The number of aliphatic hydroxyl groups is 1. The van der Waals surface area contributed by atoms with E-state index in [4.69, 9.17) is 85.2 Å². The molecule has 8 aromatic rings. The molecule has 0 unspecified atom stereocenters. The van der Waals surface area contributed by atoms with Crippen LogP contribution in [0.15, 0.2) is 107 Å². The zero-order valence-electron chi connectivity index (χ0n) is 71.2. The molecule has 673 valence electrons. The van der Waals surface area contributed by atoms with Gasteiger partial charge in [0.25, 0.3) is 11.1 Å². The number of alkyl halides is 4. The first-order chi connectivity index (χ1) is 59.7. The summed E-state index contributed by atoms with van der Waals surface area (Å²) >= 11 is 23.5. The van der Waals surface area contributed by atoms with Crippen LogP contribution in [-0.4, -0.2) is 199 Å². The Bertz CT molecular complexity index is 5310. The van der Waals surface area contributed by atoms with E-state index in [0.717, 1.165) is 119 Å². The number of hydrogen-bond acceptors (Lipinski definition) is 20. The van der Waals surface area contributed by atoms with Gasteiger partial charge in [0.1, 0.15) is 24.7 Å². The number of amides is 2. The van der Waals surface area contributed by atoms with Crippen LogP contribution in [0.3, 0.4) is 0 Å². The molecule has 2 atom stereocenters. The van der Waals surface area contributed by atoms with Gasteiger partial charge in [0.05, 0.1) is 58.0 Å². The zero-order chi connectivity index (χ0) is 86.6. The third-order valence-electron chi connectivity index (χ3n) is 25.9. The minimum atomic E-state index is -1.86. The monoisotopic (exact) mass is 1970 g/mol. The number of benzene rings is 4. The van der Waals surface area contributed by atoms with Crippen LogP contribution < -0.4 is 30.4 Å². The number of aromatic nitrogens is 4. The molecule has 0 bridgehead atoms. The van der Waals surface area contributed by atoms with Crippen LogP contribution in [0.2, 0.25) is 0 Å². The molecule has 8 aliphatic heterocycles. The Kier molecular flexibility index (Phi) is 33.1. The maximum absolute atomic E-state index is 14.3. The van der Waals surface area contributed by atoms with Gasteiger partial charge in [-0.15, -0.1) is 46.4 Å². The number of rotatable bonds is 27. The van der Waals surface area contributed by atoms with E-state index in [-0.39, 0.29) is 96.3 Å². The van der Waals surface area contributed by atoms with Crippen LogP contribution >= 0.6 is 46.4 Å². The zero-order valence-corrected chi connectivity index (χ0v) is 76.6. The molecule has 16 rings (SSSR count). The largest absolute Gasteiger partial charge is 0.481 e. The van der Waals surface area contributed by atoms with E-state index in [1.165, 1.54) is 51.6 Å². The molecule has 2 amide bonds. The number of cyclic esters (lactones) is 2. The van der Waals surface area contributed by atoms with Gasteiger partial charge in [0.2, 0.25) is 5.60 Å². The third-order valence-corrected chi connectivity index (χ3v) is 26.6. The van der Waals surface area contributed by atoms with Gasteiger partial charge >= 0.3 is 36.1 Å². The van der Waals surface area contributed by atoms with Crippen molar-refractivity contribution in [3.63, 3.8) is 0 Å². The van der Waals surface area contributed by atoms with E-state index in [9.17, 15) is 43.5 Å². The molecule has 2 N–H and O–H groups in total. The number of carboxylic acids is 1. The number of carbonyl (C=O) groups excluding carboxylic acids is 5. The summed E-state index contributed by atoms with van der Waals surface area (Å²) in [6.45, 7) is 18.1. The van der Waals surface area contributed by atoms with Gasteiger partial charge in [-0.25, -0.2) is 29.1 Å². The molecule has 30 heteroatoms. The van der Waals surface area contributed by atoms with Crippen molar-refractivity contribution in [2.45, 2.75) is 213 Å². The summed E-state index contributed by atoms with van der Waals surface area (Å²) in [5, 5.41) is 21.5. The van der Waals surface area contributed by atoms with E-state index in [1.54, 1.807) is 47.2 Å². The third kappa shape index (κ3) is 20.9. The summed E-state index contributed by atoms with van der Waals surface area (Å²) in [4.78, 5) is 128. The van der Waals surface area contributed by atoms with Crippen LogP contribution in [0.4, 0.5) is 21.0 Å². The van der Waals surface area contributed by atoms with Gasteiger partial charge in [-0.1, -0.05) is 72.2 Å². The fourth-order valence-electron chi connectivity index (χ4n) is 19.1. The Labute approximate surface area is 764 Å². The number of nitrogens with zero attached hydrogens (tertiary/aromatic N) is 10. The molecule has 8 aliphatic rings. The van der Waals surface area contributed by atoms with Gasteiger partial charge in [-0.3, -0.25) is 19.2 Å². The Morgan fingerprint density at radius 3 is 1.32 bits per heavy atom. The molecule has 0 aliphatic carbocycles. The topological polar surface area (TPSA) is 278 Å². The van der Waals surface area contributed by atoms with Crippen molar-refractivity contribution >= 4 is 116 Å². The molecule has 4 fully saturated rings. The first kappa shape index (κ1) is 95.4. The van der Waals surface area contributed by atoms with E-state index in [1.807, 2.05) is 82.6 Å². The summed E-state index contributed by atoms with van der Waals surface area (Å²) < 4.78 is 32.0. The molecule has 125 heavy (non-hydrogen) atoms. The fourth-order valence-corrected chi connectivity index (χ4v) is 19.9. The number of halogens is 4. The van der Waals surface area contributed by atoms with E-state index in [2.05, 4.69) is 33.4 Å². The summed E-state index contributed by atoms with van der Waals surface area (Å²) in [5.74, 6) is 0.330. The average Bonchev–Trinajstić information content (AvgIpc) is 1.59. The molecule has 25 nitrogen and oxygen atoms in total. The van der Waals surface area contributed by atoms with Gasteiger partial charge < -0.3 is 72.4 Å². The number of likely N-dealkylation sites (tertiary alicyclic amines) is 4. The molecule has 0 saturated carbocycles. The van der Waals surface area contributed by atoms with Crippen LogP contribution in [-0.2, 0) is 117 Å². The fraction of sp³-hybridized carbons (Fsp3) is 0.516. The van der Waals surface area contributed by atoms with Gasteiger partial charge in [-0.05, 0) is 224 Å². The Balaban J connectivity index is 0.000000192. The number of anilines is 2. The quantitative estimate of drug-likeness (QED) is 0.0275. The van der Waals surface area contributed by atoms with Crippen LogP contribution in [0.5, 0.6) is 11.5 Å². The van der Waals surface area contributed by atoms with E-state index < -0.39 is 35.1 Å². The number of hydrogen-bond donors (Lipinski definition) is 2. The normalized spacial score (nSPS) is 18.5. The SMILES string of the molecule is C.CCc1c2c(nc3ccc(OC(=O)N4CCC(N5CCCCC5)CC4)cc13)-c1cc3c(c(=O)n1C2)COC(=O)[C@@]3(CC)OC(=O)CCCc1ccc(N(CCCl)CCCl)cc1.CCc1c2c(nc3ccc(OC(=O)N4CCC(N5CCCCC5)CC4)cc13)-c1cc3c(c(=O)n1C2)COC(=O)[C@]3(O)CC.O=C(O)CCCc1ccc(N(CCCl)CCCl)cc1.[Ir]. The van der Waals surface area contributed by atoms with Gasteiger partial charge in [-0.2, -0.15) is 0 Å². The predicted octanol–water partition coefficient (Wildman–Crippen LogP) is 16.1. The van der Waals surface area contributed by atoms with Gasteiger partial charge in [0.15, 0.2) is 5.60 Å². The van der Waals surface area contributed by atoms with Crippen molar-refractivity contribution in [3.05, 3.63) is 173 Å². The first-order valence-electron chi connectivity index (χ1n) is 44.0. The molecule has 1 radical (unpaired) electrons. The molecule has 4 aromatic carbocycles. The second kappa shape index (κ2) is 43.4. The Morgan fingerprint density at radius 2 is 0.920 bits per heavy atom. The summed E-state index contributed by atoms with van der Waals surface area (Å²) in [5.41, 5.74) is 9.07. The number of ether oxygens (including phenoxy) is 5. The van der Waals surface area contributed by atoms with E-state index >= 15 is 0 Å². The average molecular weight is 1970 g/mol. The second-order valence-corrected chi connectivity index (χ2v) is 34.6. The van der Waals surface area contributed by atoms with Crippen molar-refractivity contribution < 1.29 is 82.8 Å². The summed E-state index contributed by atoms with van der Waals surface area (Å²) in [6, 6.07) is 31.8. The molecule has 4 aromatic heterocycles. The van der Waals surface area contributed by atoms with Crippen LogP contribution in [0.25, 0.3) is 44.6 Å². The molecule has 4 saturated heterocycles. The number of fused-ring (bicyclic) bond motifs is 10. The van der Waals surface area contributed by atoms with Gasteiger partial charge in [0, 0.05) is 165 Å². The molecular formula is C95H116Cl4IrN10O15. The number of carboxylic acid groups (broad SMARTS) is 1. The predicted molar refractivity (Wildman–Crippen MR) is 484 cm³/mol. The molecule has 0 spiro atoms. The first-order valence-corrected chi connectivity index (χ1v) is 46.1. The van der Waals surface area contributed by atoms with Crippen molar-refractivity contribution in [2.75, 3.05) is 112 Å². The molecule has 12 heterocycles. The summed E-state index contributed by atoms with van der Waals surface area (Å²) in [7, 11) is 0. The summed E-state index contributed by atoms with van der Waals surface area (Å²) in [6.07, 6.45) is 15.3. The maximum Gasteiger partial charge on any atom is 0.415 e. The number of piperidine rings is 4. The number of esters is 3. The Morgan fingerprint density at radius 1 is 0.512 bits per heavy atom. The number of carbonyl (C=O) groups is 6. The number of aryl methyl sites for hydroxylation is 4. The minimum absolute atomic E-state index is 0. The van der Waals surface area contributed by atoms with E-state index in [0.29, 0.717) is 176 Å². The smallest absolute Gasteiger partial charge is 0.415 e. The van der Waals surface area contributed by atoms with Crippen LogP contribution in [0, 0.1) is 0 Å². The second-order valence-electron chi connectivity index (χ2n) is 33.1. The van der Waals surface area contributed by atoms with Crippen LogP contribution in [0.1, 0.15) is 193 Å². The van der Waals surface area contributed by atoms with Crippen molar-refractivity contribution in [1.82, 2.24) is 38.7 Å². The maximum atomic E-state index is 14.3. The van der Waals surface area contributed by atoms with Crippen molar-refractivity contribution in [2.24, 2.45) is 0 Å². The standard InChI is InChI=1S/C47H55Cl2N5O7.C33H38N4O6.C14H19Cl2NO2.CH4.Ir/c1-3-35-36-27-34(60-46(58)53-23-17-33(18-24-53)51-21-6-5-7-22-51)15-16-40(36)50-43-37(35)29-54-41(43)28-39-38(44(54)56)30-59-45(57)47(39,4-2)61-42(55)10-8-9-31-11-13-32(14-12-31)52(25-19-48)26-20-49;1-3-22-23-16-21(43-32(40)36-14-10-20(11-15-36)35-12-6-5-7-13-35)8-9-27(23)34-29-24(22)18-37-28(29)17-26-25(30(37)38)19-42-31(39)33(26,41)4-2;15-8-10-17(11-9-16)13-6-4-12(5-7-13)2-1-3-14(18)19;;/h11-16,27-28,33H,3-10,17-26,29-30H2,1-2H3;8-9,16-17,20,41H,3-7,10-15,18-19H2,1-2H3;4-7H,1-3,8-11H2,(H,18,19);1H4;/t47-;33-;;;/m00.../s1.